The fourth-order valence-corrected chi connectivity index (χ4v) is 4.05. The average Bonchev–Trinajstić information content (AvgIpc) is 2.75. The summed E-state index contributed by atoms with van der Waals surface area (Å²) in [5, 5.41) is 4.11. The van der Waals surface area contributed by atoms with Crippen LogP contribution in [0.25, 0.3) is 0 Å². The molecule has 2 aromatic carbocycles. The molecule has 6 heteroatoms. The third kappa shape index (κ3) is 5.36. The number of hydrogen-bond acceptors (Lipinski definition) is 4. The Morgan fingerprint density at radius 1 is 1.03 bits per heavy atom. The molecule has 0 N–H and O–H groups in total. The second kappa shape index (κ2) is 9.84. The molecule has 0 aliphatic carbocycles. The quantitative estimate of drug-likeness (QED) is 0.422. The summed E-state index contributed by atoms with van der Waals surface area (Å²) in [5.74, 6) is -0.137. The number of hydrogen-bond donors (Lipinski definition) is 0. The standard InChI is InChI=1S/C25H26ClN3O2/c1-16-13-21(26)9-10-22(16)23(15-24(28-31)20-11-12-27-17(2)14-20)18-5-7-19(8-6-18)25(30)29(3)4/h5-14,23-24H,15H2,1-4H3. The summed E-state index contributed by atoms with van der Waals surface area (Å²) in [5.41, 5.74) is 5.45. The van der Waals surface area contributed by atoms with E-state index in [0.29, 0.717) is 17.0 Å². The largest absolute Gasteiger partial charge is 0.345 e. The zero-order valence-corrected chi connectivity index (χ0v) is 18.9. The maximum atomic E-state index is 12.3. The smallest absolute Gasteiger partial charge is 0.253 e. The Morgan fingerprint density at radius 3 is 2.32 bits per heavy atom. The predicted octanol–water partition coefficient (Wildman–Crippen LogP) is 6.08. The highest BCUT2D eigenvalue weighted by atomic mass is 35.5. The monoisotopic (exact) mass is 435 g/mol. The first kappa shape index (κ1) is 22.6. The first-order valence-electron chi connectivity index (χ1n) is 10.1. The molecule has 2 unspecified atom stereocenters. The summed E-state index contributed by atoms with van der Waals surface area (Å²) in [4.78, 5) is 29.9. The third-order valence-electron chi connectivity index (χ3n) is 5.47. The van der Waals surface area contributed by atoms with Crippen molar-refractivity contribution in [2.45, 2.75) is 32.2 Å². The molecule has 1 amide bonds. The van der Waals surface area contributed by atoms with Crippen LogP contribution in [0.4, 0.5) is 0 Å². The Kier molecular flexibility index (Phi) is 7.18. The normalized spacial score (nSPS) is 12.8. The number of aryl methyl sites for hydroxylation is 2. The number of carbonyl (C=O) groups excluding carboxylic acids is 1. The van der Waals surface area contributed by atoms with Crippen molar-refractivity contribution >= 4 is 17.5 Å². The van der Waals surface area contributed by atoms with Crippen LogP contribution in [0.5, 0.6) is 0 Å². The molecule has 1 aromatic heterocycles. The van der Waals surface area contributed by atoms with E-state index in [1.165, 1.54) is 0 Å². The van der Waals surface area contributed by atoms with Gasteiger partial charge in [0, 0.05) is 42.5 Å². The van der Waals surface area contributed by atoms with Crippen molar-refractivity contribution < 1.29 is 4.79 Å². The Hall–Kier alpha value is -3.05. The van der Waals surface area contributed by atoms with Gasteiger partial charge in [-0.15, -0.1) is 0 Å². The molecule has 0 radical (unpaired) electrons. The molecule has 0 bridgehead atoms. The highest BCUT2D eigenvalue weighted by Crippen LogP contribution is 2.38. The maximum absolute atomic E-state index is 12.3. The van der Waals surface area contributed by atoms with E-state index < -0.39 is 6.04 Å². The van der Waals surface area contributed by atoms with Gasteiger partial charge in [0.1, 0.15) is 6.04 Å². The SMILES string of the molecule is Cc1cc(C(CC(c2ccc(C(=O)N(C)C)cc2)c2ccc(Cl)cc2C)N=O)ccn1. The first-order chi connectivity index (χ1) is 14.8. The van der Waals surface area contributed by atoms with Crippen LogP contribution in [0.15, 0.2) is 66.0 Å². The molecule has 0 saturated carbocycles. The molecular formula is C25H26ClN3O2. The Labute approximate surface area is 188 Å². The zero-order valence-electron chi connectivity index (χ0n) is 18.2. The Morgan fingerprint density at radius 2 is 1.74 bits per heavy atom. The predicted molar refractivity (Wildman–Crippen MR) is 125 cm³/mol. The summed E-state index contributed by atoms with van der Waals surface area (Å²) < 4.78 is 0. The third-order valence-corrected chi connectivity index (χ3v) is 5.70. The zero-order chi connectivity index (χ0) is 22.5. The molecule has 0 saturated heterocycles. The van der Waals surface area contributed by atoms with Crippen molar-refractivity contribution in [1.29, 1.82) is 0 Å². The molecule has 0 aliphatic heterocycles. The van der Waals surface area contributed by atoms with Crippen LogP contribution in [0.2, 0.25) is 5.02 Å². The van der Waals surface area contributed by atoms with Gasteiger partial charge in [0.2, 0.25) is 0 Å². The van der Waals surface area contributed by atoms with Crippen molar-refractivity contribution in [2.75, 3.05) is 14.1 Å². The number of nitrogens with zero attached hydrogens (tertiary/aromatic N) is 3. The van der Waals surface area contributed by atoms with Gasteiger partial charge in [-0.1, -0.05) is 35.0 Å². The lowest BCUT2D eigenvalue weighted by Gasteiger charge is -2.23. The van der Waals surface area contributed by atoms with E-state index in [9.17, 15) is 9.70 Å². The Bertz CT molecular complexity index is 1080. The van der Waals surface area contributed by atoms with Gasteiger partial charge in [0.15, 0.2) is 0 Å². The molecule has 3 rings (SSSR count). The molecule has 31 heavy (non-hydrogen) atoms. The van der Waals surface area contributed by atoms with E-state index in [1.54, 1.807) is 25.2 Å². The van der Waals surface area contributed by atoms with Crippen molar-refractivity contribution in [1.82, 2.24) is 9.88 Å². The second-order valence-corrected chi connectivity index (χ2v) is 8.40. The van der Waals surface area contributed by atoms with E-state index in [1.807, 2.05) is 68.4 Å². The van der Waals surface area contributed by atoms with Crippen molar-refractivity contribution in [3.05, 3.63) is 104 Å². The molecule has 0 aliphatic rings. The Balaban J connectivity index is 2.02. The minimum absolute atomic E-state index is 0.0505. The van der Waals surface area contributed by atoms with Crippen LogP contribution in [-0.2, 0) is 0 Å². The van der Waals surface area contributed by atoms with Gasteiger partial charge in [-0.2, -0.15) is 4.91 Å². The van der Waals surface area contributed by atoms with Crippen LogP contribution in [0.3, 0.4) is 0 Å². The van der Waals surface area contributed by atoms with Gasteiger partial charge in [-0.05, 0) is 78.9 Å². The minimum atomic E-state index is -0.523. The first-order valence-corrected chi connectivity index (χ1v) is 10.5. The summed E-state index contributed by atoms with van der Waals surface area (Å²) in [7, 11) is 3.46. The van der Waals surface area contributed by atoms with Gasteiger partial charge in [-0.3, -0.25) is 9.78 Å². The number of aromatic nitrogens is 1. The van der Waals surface area contributed by atoms with E-state index >= 15 is 0 Å². The highest BCUT2D eigenvalue weighted by molar-refractivity contribution is 6.30. The van der Waals surface area contributed by atoms with Crippen LogP contribution < -0.4 is 0 Å². The van der Waals surface area contributed by atoms with Crippen LogP contribution in [0, 0.1) is 18.8 Å². The maximum Gasteiger partial charge on any atom is 0.253 e. The molecule has 1 heterocycles. The number of halogens is 1. The fourth-order valence-electron chi connectivity index (χ4n) is 3.83. The topological polar surface area (TPSA) is 62.6 Å². The lowest BCUT2D eigenvalue weighted by Crippen LogP contribution is -2.21. The molecule has 0 spiro atoms. The van der Waals surface area contributed by atoms with Crippen molar-refractivity contribution in [2.24, 2.45) is 5.18 Å². The highest BCUT2D eigenvalue weighted by Gasteiger charge is 2.24. The summed E-state index contributed by atoms with van der Waals surface area (Å²) in [6.07, 6.45) is 2.20. The van der Waals surface area contributed by atoms with E-state index in [-0.39, 0.29) is 11.8 Å². The lowest BCUT2D eigenvalue weighted by atomic mass is 9.82. The number of nitroso groups, excluding NO2 is 1. The van der Waals surface area contributed by atoms with E-state index in [4.69, 9.17) is 11.6 Å². The van der Waals surface area contributed by atoms with Gasteiger partial charge >= 0.3 is 0 Å². The average molecular weight is 436 g/mol. The number of carbonyl (C=O) groups is 1. The summed E-state index contributed by atoms with van der Waals surface area (Å²) >= 11 is 6.18. The van der Waals surface area contributed by atoms with Gasteiger partial charge < -0.3 is 4.90 Å². The van der Waals surface area contributed by atoms with Crippen LogP contribution >= 0.6 is 11.6 Å². The number of pyridine rings is 1. The molecule has 160 valence electrons. The van der Waals surface area contributed by atoms with E-state index in [0.717, 1.165) is 27.9 Å². The van der Waals surface area contributed by atoms with Gasteiger partial charge in [0.05, 0.1) is 0 Å². The lowest BCUT2D eigenvalue weighted by molar-refractivity contribution is 0.0827. The number of amides is 1. The molecule has 5 nitrogen and oxygen atoms in total. The van der Waals surface area contributed by atoms with Crippen LogP contribution in [-0.4, -0.2) is 29.9 Å². The molecule has 0 fully saturated rings. The molecule has 2 atom stereocenters. The summed E-state index contributed by atoms with van der Waals surface area (Å²) in [6, 6.07) is 16.6. The second-order valence-electron chi connectivity index (χ2n) is 7.96. The van der Waals surface area contributed by atoms with Crippen molar-refractivity contribution in [3.63, 3.8) is 0 Å². The van der Waals surface area contributed by atoms with Gasteiger partial charge in [-0.25, -0.2) is 0 Å². The number of rotatable bonds is 7. The van der Waals surface area contributed by atoms with E-state index in [2.05, 4.69) is 10.2 Å². The summed E-state index contributed by atoms with van der Waals surface area (Å²) in [6.45, 7) is 3.91. The number of benzene rings is 2. The van der Waals surface area contributed by atoms with Crippen LogP contribution in [0.1, 0.15) is 56.7 Å². The van der Waals surface area contributed by atoms with Gasteiger partial charge in [0.25, 0.3) is 5.91 Å². The van der Waals surface area contributed by atoms with Crippen molar-refractivity contribution in [3.8, 4) is 0 Å². The molecule has 3 aromatic rings. The fraction of sp³-hybridized carbons (Fsp3) is 0.280. The minimum Gasteiger partial charge on any atom is -0.345 e. The molecular weight excluding hydrogens is 410 g/mol.